The fourth-order valence-corrected chi connectivity index (χ4v) is 2.21. The second-order valence-corrected chi connectivity index (χ2v) is 4.90. The molecule has 0 saturated heterocycles. The molecule has 0 aromatic carbocycles. The number of rotatable bonds is 5. The van der Waals surface area contributed by atoms with Gasteiger partial charge in [0.1, 0.15) is 6.10 Å². The van der Waals surface area contributed by atoms with Crippen molar-refractivity contribution >= 4 is 11.3 Å². The second kappa shape index (κ2) is 5.42. The van der Waals surface area contributed by atoms with Crippen molar-refractivity contribution in [2.45, 2.75) is 38.8 Å². The lowest BCUT2D eigenvalue weighted by molar-refractivity contribution is 0.172. The summed E-state index contributed by atoms with van der Waals surface area (Å²) in [5, 5.41) is 16.3. The Hall–Kier alpha value is -1.20. The zero-order chi connectivity index (χ0) is 12.3. The number of aliphatic hydroxyl groups excluding tert-OH is 1. The van der Waals surface area contributed by atoms with Gasteiger partial charge in [-0.2, -0.15) is 5.10 Å². The van der Waals surface area contributed by atoms with Crippen LogP contribution in [-0.4, -0.2) is 19.9 Å². The summed E-state index contributed by atoms with van der Waals surface area (Å²) in [6.07, 6.45) is 2.99. The molecule has 0 saturated carbocycles. The van der Waals surface area contributed by atoms with Gasteiger partial charge >= 0.3 is 0 Å². The zero-order valence-corrected chi connectivity index (χ0v) is 10.9. The third-order valence-corrected chi connectivity index (χ3v) is 3.51. The molecule has 0 aliphatic carbocycles. The SMILES string of the molecule is CCC(C)n1ccc(CC(O)c2cscn2)n1. The zero-order valence-electron chi connectivity index (χ0n) is 10.1. The van der Waals surface area contributed by atoms with E-state index in [4.69, 9.17) is 0 Å². The van der Waals surface area contributed by atoms with Crippen molar-refractivity contribution in [3.63, 3.8) is 0 Å². The van der Waals surface area contributed by atoms with Crippen LogP contribution in [0.25, 0.3) is 0 Å². The molecule has 2 rings (SSSR count). The fourth-order valence-electron chi connectivity index (χ4n) is 1.61. The summed E-state index contributed by atoms with van der Waals surface area (Å²) in [4.78, 5) is 4.10. The summed E-state index contributed by atoms with van der Waals surface area (Å²) in [5.74, 6) is 0. The maximum Gasteiger partial charge on any atom is 0.102 e. The summed E-state index contributed by atoms with van der Waals surface area (Å²) in [6, 6.07) is 2.36. The topological polar surface area (TPSA) is 50.9 Å². The van der Waals surface area contributed by atoms with Gasteiger partial charge in [-0.25, -0.2) is 4.98 Å². The molecule has 0 amide bonds. The Balaban J connectivity index is 2.02. The average Bonchev–Trinajstić information content (AvgIpc) is 2.98. The number of aromatic nitrogens is 3. The number of aliphatic hydroxyl groups is 1. The normalized spacial score (nSPS) is 14.8. The van der Waals surface area contributed by atoms with Crippen molar-refractivity contribution < 1.29 is 5.11 Å². The summed E-state index contributed by atoms with van der Waals surface area (Å²) < 4.78 is 1.95. The number of thiazole rings is 1. The standard InChI is InChI=1S/C12H17N3OS/c1-3-9(2)15-5-4-10(14-15)6-12(16)11-7-17-8-13-11/h4-5,7-9,12,16H,3,6H2,1-2H3. The maximum absolute atomic E-state index is 9.96. The Kier molecular flexibility index (Phi) is 3.91. The van der Waals surface area contributed by atoms with E-state index in [1.54, 1.807) is 5.51 Å². The van der Waals surface area contributed by atoms with Crippen LogP contribution in [0.5, 0.6) is 0 Å². The van der Waals surface area contributed by atoms with E-state index in [0.29, 0.717) is 12.5 Å². The van der Waals surface area contributed by atoms with Gasteiger partial charge in [0, 0.05) is 24.0 Å². The number of hydrogen-bond acceptors (Lipinski definition) is 4. The Labute approximate surface area is 105 Å². The molecular weight excluding hydrogens is 234 g/mol. The van der Waals surface area contributed by atoms with Crippen LogP contribution < -0.4 is 0 Å². The van der Waals surface area contributed by atoms with Gasteiger partial charge in [0.15, 0.2) is 0 Å². The van der Waals surface area contributed by atoms with Gasteiger partial charge in [0.25, 0.3) is 0 Å². The van der Waals surface area contributed by atoms with Crippen molar-refractivity contribution in [3.05, 3.63) is 34.5 Å². The largest absolute Gasteiger partial charge is 0.386 e. The maximum atomic E-state index is 9.96. The van der Waals surface area contributed by atoms with Crippen molar-refractivity contribution in [2.75, 3.05) is 0 Å². The molecule has 2 atom stereocenters. The van der Waals surface area contributed by atoms with Crippen molar-refractivity contribution in [1.82, 2.24) is 14.8 Å². The van der Waals surface area contributed by atoms with E-state index >= 15 is 0 Å². The third-order valence-electron chi connectivity index (χ3n) is 2.90. The Morgan fingerprint density at radius 3 is 3.00 bits per heavy atom. The van der Waals surface area contributed by atoms with Crippen LogP contribution in [-0.2, 0) is 6.42 Å². The first-order valence-electron chi connectivity index (χ1n) is 5.81. The highest BCUT2D eigenvalue weighted by atomic mass is 32.1. The van der Waals surface area contributed by atoms with Crippen molar-refractivity contribution in [2.24, 2.45) is 0 Å². The highest BCUT2D eigenvalue weighted by molar-refractivity contribution is 7.07. The van der Waals surface area contributed by atoms with Gasteiger partial charge in [-0.3, -0.25) is 4.68 Å². The summed E-state index contributed by atoms with van der Waals surface area (Å²) in [6.45, 7) is 4.27. The smallest absolute Gasteiger partial charge is 0.102 e. The Bertz CT molecular complexity index is 452. The lowest BCUT2D eigenvalue weighted by Crippen LogP contribution is -2.07. The molecule has 2 heterocycles. The minimum absolute atomic E-state index is 0.403. The first-order chi connectivity index (χ1) is 8.20. The van der Waals surface area contributed by atoms with Crippen LogP contribution in [0.3, 0.4) is 0 Å². The summed E-state index contributed by atoms with van der Waals surface area (Å²) in [7, 11) is 0. The third kappa shape index (κ3) is 2.92. The van der Waals surface area contributed by atoms with Crippen LogP contribution in [0, 0.1) is 0 Å². The lowest BCUT2D eigenvalue weighted by atomic mass is 10.1. The van der Waals surface area contributed by atoms with E-state index in [-0.39, 0.29) is 0 Å². The minimum Gasteiger partial charge on any atom is -0.386 e. The Morgan fingerprint density at radius 1 is 1.53 bits per heavy atom. The highest BCUT2D eigenvalue weighted by Crippen LogP contribution is 2.18. The van der Waals surface area contributed by atoms with E-state index < -0.39 is 6.10 Å². The monoisotopic (exact) mass is 251 g/mol. The molecule has 0 aliphatic heterocycles. The molecule has 0 bridgehead atoms. The predicted octanol–water partition coefficient (Wildman–Crippen LogP) is 2.59. The second-order valence-electron chi connectivity index (χ2n) is 4.18. The highest BCUT2D eigenvalue weighted by Gasteiger charge is 2.13. The number of hydrogen-bond donors (Lipinski definition) is 1. The number of nitrogens with zero attached hydrogens (tertiary/aromatic N) is 3. The molecule has 2 aromatic heterocycles. The molecule has 5 heteroatoms. The molecule has 0 radical (unpaired) electrons. The Morgan fingerprint density at radius 2 is 2.35 bits per heavy atom. The predicted molar refractivity (Wildman–Crippen MR) is 68.0 cm³/mol. The quantitative estimate of drug-likeness (QED) is 0.888. The van der Waals surface area contributed by atoms with Gasteiger partial charge in [-0.05, 0) is 19.4 Å². The van der Waals surface area contributed by atoms with Gasteiger partial charge in [-0.1, -0.05) is 6.92 Å². The van der Waals surface area contributed by atoms with E-state index in [1.165, 1.54) is 11.3 Å². The molecule has 2 aromatic rings. The summed E-state index contributed by atoms with van der Waals surface area (Å²) >= 11 is 1.50. The molecular formula is C12H17N3OS. The first-order valence-corrected chi connectivity index (χ1v) is 6.75. The molecule has 0 fully saturated rings. The summed E-state index contributed by atoms with van der Waals surface area (Å²) in [5.41, 5.74) is 3.37. The molecule has 2 unspecified atom stereocenters. The van der Waals surface area contributed by atoms with Gasteiger partial charge in [-0.15, -0.1) is 11.3 Å². The van der Waals surface area contributed by atoms with Crippen LogP contribution in [0.2, 0.25) is 0 Å². The lowest BCUT2D eigenvalue weighted by Gasteiger charge is -2.09. The van der Waals surface area contributed by atoms with Gasteiger partial charge < -0.3 is 5.11 Å². The molecule has 92 valence electrons. The van der Waals surface area contributed by atoms with Crippen LogP contribution in [0.1, 0.15) is 43.8 Å². The minimum atomic E-state index is -0.554. The molecule has 0 spiro atoms. The molecule has 1 N–H and O–H groups in total. The van der Waals surface area contributed by atoms with E-state index in [9.17, 15) is 5.11 Å². The molecule has 0 aliphatic rings. The first kappa shape index (κ1) is 12.3. The van der Waals surface area contributed by atoms with E-state index in [0.717, 1.165) is 17.8 Å². The van der Waals surface area contributed by atoms with Crippen molar-refractivity contribution in [1.29, 1.82) is 0 Å². The van der Waals surface area contributed by atoms with E-state index in [2.05, 4.69) is 23.9 Å². The van der Waals surface area contributed by atoms with Gasteiger partial charge in [0.05, 0.1) is 16.9 Å². The fraction of sp³-hybridized carbons (Fsp3) is 0.500. The molecule has 17 heavy (non-hydrogen) atoms. The van der Waals surface area contributed by atoms with Gasteiger partial charge in [0.2, 0.25) is 0 Å². The molecule has 4 nitrogen and oxygen atoms in total. The van der Waals surface area contributed by atoms with Crippen LogP contribution in [0.4, 0.5) is 0 Å². The van der Waals surface area contributed by atoms with Crippen molar-refractivity contribution in [3.8, 4) is 0 Å². The van der Waals surface area contributed by atoms with Crippen LogP contribution in [0.15, 0.2) is 23.2 Å². The van der Waals surface area contributed by atoms with Crippen LogP contribution >= 0.6 is 11.3 Å². The average molecular weight is 251 g/mol. The van der Waals surface area contributed by atoms with E-state index in [1.807, 2.05) is 22.3 Å².